The van der Waals surface area contributed by atoms with Crippen LogP contribution < -0.4 is 26.4 Å². The van der Waals surface area contributed by atoms with Gasteiger partial charge in [-0.2, -0.15) is 0 Å². The second kappa shape index (κ2) is 9.34. The molecule has 0 saturated carbocycles. The van der Waals surface area contributed by atoms with Crippen LogP contribution in [0.1, 0.15) is 41.3 Å². The van der Waals surface area contributed by atoms with Crippen LogP contribution >= 0.6 is 0 Å². The van der Waals surface area contributed by atoms with E-state index >= 15 is 0 Å². The van der Waals surface area contributed by atoms with Gasteiger partial charge in [0.25, 0.3) is 16.8 Å². The highest BCUT2D eigenvalue weighted by molar-refractivity contribution is 5.94. The Kier molecular flexibility index (Phi) is 6.35. The van der Waals surface area contributed by atoms with E-state index in [2.05, 4.69) is 17.6 Å². The van der Waals surface area contributed by atoms with Crippen LogP contribution in [0.3, 0.4) is 0 Å². The molecule has 6 nitrogen and oxygen atoms in total. The fourth-order valence-corrected chi connectivity index (χ4v) is 3.93. The Balaban J connectivity index is 1.33. The number of amides is 1. The van der Waals surface area contributed by atoms with Crippen LogP contribution in [-0.2, 0) is 13.1 Å². The molecule has 1 aliphatic rings. The van der Waals surface area contributed by atoms with Crippen LogP contribution in [0.25, 0.3) is 0 Å². The number of benzene rings is 2. The predicted molar refractivity (Wildman–Crippen MR) is 123 cm³/mol. The van der Waals surface area contributed by atoms with Crippen molar-refractivity contribution in [2.45, 2.75) is 32.9 Å². The number of rotatable bonds is 7. The zero-order valence-corrected chi connectivity index (χ0v) is 18.0. The number of carbonyl (C=O) groups excluding carboxylic acids is 1. The van der Waals surface area contributed by atoms with E-state index in [-0.39, 0.29) is 11.7 Å². The summed E-state index contributed by atoms with van der Waals surface area (Å²) in [6, 6.07) is 13.0. The normalized spacial score (nSPS) is 14.5. The molecule has 0 radical (unpaired) electrons. The zero-order chi connectivity index (χ0) is 22.7. The Morgan fingerprint density at radius 2 is 1.53 bits per heavy atom. The van der Waals surface area contributed by atoms with Gasteiger partial charge in [0.1, 0.15) is 17.2 Å². The van der Waals surface area contributed by atoms with Crippen molar-refractivity contribution in [3.63, 3.8) is 0 Å². The quantitative estimate of drug-likeness (QED) is 0.558. The number of anilines is 2. The third-order valence-corrected chi connectivity index (χ3v) is 6.04. The van der Waals surface area contributed by atoms with E-state index in [1.54, 1.807) is 24.3 Å². The fourth-order valence-electron chi connectivity index (χ4n) is 3.93. The van der Waals surface area contributed by atoms with Crippen molar-refractivity contribution in [2.24, 2.45) is 5.92 Å². The summed E-state index contributed by atoms with van der Waals surface area (Å²) in [5.74, 6) is 0.101. The summed E-state index contributed by atoms with van der Waals surface area (Å²) < 4.78 is 13.0. The molecule has 0 unspecified atom stereocenters. The standard InChI is InChI=1S/C25H26FN3O3/c1-16-10-12-29(13-11-16)22-21(23(30)24(22)31)27-14-17-2-6-19(7-3-17)25(32)28-15-18-4-8-20(26)9-5-18/h2-9,16,27H,10-15H2,1H3,(H,28,32). The molecule has 4 rings (SSSR count). The van der Waals surface area contributed by atoms with E-state index < -0.39 is 10.9 Å². The molecular weight excluding hydrogens is 409 g/mol. The lowest BCUT2D eigenvalue weighted by Crippen LogP contribution is -2.45. The van der Waals surface area contributed by atoms with E-state index in [0.717, 1.165) is 37.1 Å². The molecule has 0 spiro atoms. The van der Waals surface area contributed by atoms with E-state index in [9.17, 15) is 18.8 Å². The van der Waals surface area contributed by atoms with Crippen LogP contribution in [0.15, 0.2) is 58.1 Å². The van der Waals surface area contributed by atoms with Crippen LogP contribution in [0.4, 0.5) is 15.8 Å². The number of piperidine rings is 1. The van der Waals surface area contributed by atoms with Crippen LogP contribution in [-0.4, -0.2) is 19.0 Å². The van der Waals surface area contributed by atoms with Crippen molar-refractivity contribution >= 4 is 17.3 Å². The maximum atomic E-state index is 13.0. The Bertz CT molecular complexity index is 1160. The predicted octanol–water partition coefficient (Wildman–Crippen LogP) is 3.20. The summed E-state index contributed by atoms with van der Waals surface area (Å²) in [7, 11) is 0. The molecule has 3 aromatic carbocycles. The molecule has 0 aliphatic carbocycles. The third-order valence-electron chi connectivity index (χ3n) is 6.04. The van der Waals surface area contributed by atoms with Crippen LogP contribution in [0.5, 0.6) is 0 Å². The van der Waals surface area contributed by atoms with Crippen molar-refractivity contribution < 1.29 is 9.18 Å². The van der Waals surface area contributed by atoms with Gasteiger partial charge < -0.3 is 15.5 Å². The van der Waals surface area contributed by atoms with Gasteiger partial charge in [-0.1, -0.05) is 31.2 Å². The minimum absolute atomic E-state index is 0.224. The minimum Gasteiger partial charge on any atom is -0.376 e. The van der Waals surface area contributed by atoms with Crippen LogP contribution in [0, 0.1) is 11.7 Å². The lowest BCUT2D eigenvalue weighted by atomic mass is 9.98. The summed E-state index contributed by atoms with van der Waals surface area (Å²) in [5, 5.41) is 5.92. The first-order chi connectivity index (χ1) is 15.4. The van der Waals surface area contributed by atoms with Crippen molar-refractivity contribution in [1.29, 1.82) is 0 Å². The van der Waals surface area contributed by atoms with Gasteiger partial charge in [-0.25, -0.2) is 4.39 Å². The Labute approximate surface area is 185 Å². The van der Waals surface area contributed by atoms with Crippen molar-refractivity contribution in [1.82, 2.24) is 5.32 Å². The summed E-state index contributed by atoms with van der Waals surface area (Å²) in [6.07, 6.45) is 2.03. The first kappa shape index (κ1) is 21.7. The molecule has 32 heavy (non-hydrogen) atoms. The average molecular weight is 435 g/mol. The van der Waals surface area contributed by atoms with Gasteiger partial charge in [0.15, 0.2) is 0 Å². The lowest BCUT2D eigenvalue weighted by Gasteiger charge is -2.33. The molecular formula is C25H26FN3O3. The van der Waals surface area contributed by atoms with Gasteiger partial charge in [-0.05, 0) is 54.2 Å². The summed E-state index contributed by atoms with van der Waals surface area (Å²) >= 11 is 0. The molecule has 0 bridgehead atoms. The molecule has 1 amide bonds. The number of hydrogen-bond acceptors (Lipinski definition) is 5. The summed E-state index contributed by atoms with van der Waals surface area (Å²) in [4.78, 5) is 38.5. The van der Waals surface area contributed by atoms with E-state index in [1.165, 1.54) is 12.1 Å². The van der Waals surface area contributed by atoms with E-state index in [1.807, 2.05) is 17.0 Å². The molecule has 0 aromatic heterocycles. The second-order valence-corrected chi connectivity index (χ2v) is 8.41. The SMILES string of the molecule is CC1CCN(c2c(NCc3ccc(C(=O)NCc4ccc(F)cc4)cc3)c(=O)c2=O)CC1. The first-order valence-electron chi connectivity index (χ1n) is 10.9. The monoisotopic (exact) mass is 435 g/mol. The lowest BCUT2D eigenvalue weighted by molar-refractivity contribution is 0.0951. The van der Waals surface area contributed by atoms with Gasteiger partial charge in [0, 0.05) is 31.7 Å². The van der Waals surface area contributed by atoms with Gasteiger partial charge in [0.2, 0.25) is 0 Å². The molecule has 1 aliphatic heterocycles. The highest BCUT2D eigenvalue weighted by atomic mass is 19.1. The fraction of sp³-hybridized carbons (Fsp3) is 0.320. The maximum absolute atomic E-state index is 13.0. The first-order valence-corrected chi connectivity index (χ1v) is 10.9. The number of nitrogens with zero attached hydrogens (tertiary/aromatic N) is 1. The summed E-state index contributed by atoms with van der Waals surface area (Å²) in [6.45, 7) is 4.49. The largest absolute Gasteiger partial charge is 0.376 e. The topological polar surface area (TPSA) is 78.5 Å². The number of carbonyl (C=O) groups is 1. The number of hydrogen-bond donors (Lipinski definition) is 2. The van der Waals surface area contributed by atoms with Crippen molar-refractivity contribution in [3.8, 4) is 0 Å². The number of nitrogens with one attached hydrogen (secondary N) is 2. The molecule has 0 atom stereocenters. The van der Waals surface area contributed by atoms with Gasteiger partial charge >= 0.3 is 0 Å². The average Bonchev–Trinajstić information content (AvgIpc) is 2.82. The van der Waals surface area contributed by atoms with Crippen molar-refractivity contribution in [3.05, 3.63) is 91.5 Å². The Morgan fingerprint density at radius 3 is 2.19 bits per heavy atom. The highest BCUT2D eigenvalue weighted by Gasteiger charge is 2.28. The Hall–Kier alpha value is -3.48. The highest BCUT2D eigenvalue weighted by Crippen LogP contribution is 2.26. The molecule has 2 N–H and O–H groups in total. The van der Waals surface area contributed by atoms with Crippen LogP contribution in [0.2, 0.25) is 0 Å². The number of halogens is 1. The molecule has 7 heteroatoms. The molecule has 1 saturated heterocycles. The molecule has 166 valence electrons. The second-order valence-electron chi connectivity index (χ2n) is 8.41. The van der Waals surface area contributed by atoms with E-state index in [4.69, 9.17) is 0 Å². The Morgan fingerprint density at radius 1 is 0.938 bits per heavy atom. The molecule has 3 aromatic rings. The zero-order valence-electron chi connectivity index (χ0n) is 18.0. The molecule has 1 heterocycles. The summed E-state index contributed by atoms with van der Waals surface area (Å²) in [5.41, 5.74) is 2.25. The smallest absolute Gasteiger partial charge is 0.253 e. The maximum Gasteiger partial charge on any atom is 0.253 e. The van der Waals surface area contributed by atoms with Gasteiger partial charge in [-0.15, -0.1) is 0 Å². The molecule has 1 fully saturated rings. The minimum atomic E-state index is -0.463. The van der Waals surface area contributed by atoms with Gasteiger partial charge in [0.05, 0.1) is 0 Å². The third kappa shape index (κ3) is 4.72. The van der Waals surface area contributed by atoms with Gasteiger partial charge in [-0.3, -0.25) is 14.4 Å². The van der Waals surface area contributed by atoms with E-state index in [0.29, 0.717) is 35.9 Å². The van der Waals surface area contributed by atoms with Crippen molar-refractivity contribution in [2.75, 3.05) is 23.3 Å².